The van der Waals surface area contributed by atoms with Gasteiger partial charge in [-0.1, -0.05) is 6.42 Å². The largest absolute Gasteiger partial charge is 0.316 e. The summed E-state index contributed by atoms with van der Waals surface area (Å²) in [5, 5.41) is 3.29. The highest BCUT2D eigenvalue weighted by Gasteiger charge is 1.94. The highest BCUT2D eigenvalue weighted by atomic mass is 14.8. The van der Waals surface area contributed by atoms with Crippen molar-refractivity contribution < 1.29 is 0 Å². The molecule has 0 saturated carbocycles. The topological polar surface area (TPSA) is 12.0 Å². The number of rotatable bonds is 0. The van der Waals surface area contributed by atoms with E-state index < -0.39 is 0 Å². The summed E-state index contributed by atoms with van der Waals surface area (Å²) in [5.41, 5.74) is 0. The van der Waals surface area contributed by atoms with E-state index in [-0.39, 0.29) is 0 Å². The molecule has 0 aromatic rings. The fourth-order valence-corrected chi connectivity index (χ4v) is 0.845. The first-order chi connectivity index (χ1) is 3.50. The van der Waals surface area contributed by atoms with Crippen LogP contribution < -0.4 is 5.32 Å². The molecular weight excluding hydrogens is 86.1 g/mol. The molecule has 0 aromatic carbocycles. The van der Waals surface area contributed by atoms with E-state index in [0.717, 1.165) is 6.54 Å². The van der Waals surface area contributed by atoms with Gasteiger partial charge < -0.3 is 5.32 Å². The van der Waals surface area contributed by atoms with Gasteiger partial charge in [-0.15, -0.1) is 0 Å². The van der Waals surface area contributed by atoms with Gasteiger partial charge in [0.15, 0.2) is 0 Å². The van der Waals surface area contributed by atoms with E-state index in [0.29, 0.717) is 0 Å². The van der Waals surface area contributed by atoms with Gasteiger partial charge in [-0.2, -0.15) is 0 Å². The summed E-state index contributed by atoms with van der Waals surface area (Å²) < 4.78 is 0. The third-order valence-corrected chi connectivity index (χ3v) is 1.30. The lowest BCUT2D eigenvalue weighted by atomic mass is 10.2. The maximum Gasteiger partial charge on any atom is -0.00174 e. The zero-order valence-electron chi connectivity index (χ0n) is 4.61. The molecule has 0 aliphatic carbocycles. The molecule has 0 amide bonds. The highest BCUT2D eigenvalue weighted by molar-refractivity contribution is 4.71. The van der Waals surface area contributed by atoms with Gasteiger partial charge in [-0.05, 0) is 32.4 Å². The second-order valence-corrected chi connectivity index (χ2v) is 1.99. The molecule has 1 radical (unpaired) electrons. The molecule has 1 rings (SSSR count). The summed E-state index contributed by atoms with van der Waals surface area (Å²) in [6.07, 6.45) is 6.36. The summed E-state index contributed by atoms with van der Waals surface area (Å²) in [7, 11) is 0. The first kappa shape index (κ1) is 5.10. The smallest absolute Gasteiger partial charge is 0.00174 e. The van der Waals surface area contributed by atoms with E-state index >= 15 is 0 Å². The van der Waals surface area contributed by atoms with Gasteiger partial charge in [0.2, 0.25) is 0 Å². The van der Waals surface area contributed by atoms with Crippen LogP contribution in [-0.2, 0) is 0 Å². The molecule has 1 N–H and O–H groups in total. The van der Waals surface area contributed by atoms with Crippen molar-refractivity contribution in [3.05, 3.63) is 6.42 Å². The molecule has 0 atom stereocenters. The Hall–Kier alpha value is -0.0400. The number of hydrogen-bond donors (Lipinski definition) is 1. The van der Waals surface area contributed by atoms with Crippen molar-refractivity contribution in [3.63, 3.8) is 0 Å². The minimum absolute atomic E-state index is 1.12. The van der Waals surface area contributed by atoms with Crippen LogP contribution in [0.4, 0.5) is 0 Å². The van der Waals surface area contributed by atoms with Crippen molar-refractivity contribution in [1.82, 2.24) is 5.32 Å². The third kappa shape index (κ3) is 1.93. The van der Waals surface area contributed by atoms with Crippen molar-refractivity contribution in [2.75, 3.05) is 13.1 Å². The van der Waals surface area contributed by atoms with Gasteiger partial charge in [0, 0.05) is 0 Å². The van der Waals surface area contributed by atoms with Crippen LogP contribution in [0.2, 0.25) is 0 Å². The Bertz CT molecular complexity index is 23.8. The molecule has 1 heteroatoms. The maximum absolute atomic E-state index is 3.29. The minimum Gasteiger partial charge on any atom is -0.316 e. The fraction of sp³-hybridized carbons (Fsp3) is 0.833. The molecule has 0 bridgehead atoms. The van der Waals surface area contributed by atoms with Crippen LogP contribution in [0.5, 0.6) is 0 Å². The Balaban J connectivity index is 2.04. The Morgan fingerprint density at radius 2 is 2.29 bits per heavy atom. The van der Waals surface area contributed by atoms with Crippen LogP contribution in [0.1, 0.15) is 19.3 Å². The molecule has 1 aliphatic heterocycles. The van der Waals surface area contributed by atoms with Crippen molar-refractivity contribution in [3.8, 4) is 0 Å². The van der Waals surface area contributed by atoms with Crippen LogP contribution in [0.3, 0.4) is 0 Å². The van der Waals surface area contributed by atoms with E-state index in [1.165, 1.54) is 25.8 Å². The molecule has 1 nitrogen and oxygen atoms in total. The van der Waals surface area contributed by atoms with Crippen molar-refractivity contribution in [1.29, 1.82) is 0 Å². The van der Waals surface area contributed by atoms with Crippen LogP contribution >= 0.6 is 0 Å². The molecule has 1 fully saturated rings. The lowest BCUT2D eigenvalue weighted by Crippen LogP contribution is -2.13. The van der Waals surface area contributed by atoms with Gasteiger partial charge in [0.1, 0.15) is 0 Å². The molecular formula is C6H12N. The second kappa shape index (κ2) is 3.03. The standard InChI is InChI=1S/C6H12N/c1-2-4-6-7-5-3-1/h3,7H,1-2,4-6H2. The normalized spacial score (nSPS) is 24.0. The monoisotopic (exact) mass is 98.1 g/mol. The molecule has 7 heavy (non-hydrogen) atoms. The lowest BCUT2D eigenvalue weighted by Gasteiger charge is -1.91. The number of nitrogens with one attached hydrogen (secondary N) is 1. The van der Waals surface area contributed by atoms with E-state index in [1.807, 2.05) is 0 Å². The lowest BCUT2D eigenvalue weighted by molar-refractivity contribution is 0.710. The average molecular weight is 98.2 g/mol. The predicted molar refractivity (Wildman–Crippen MR) is 31.0 cm³/mol. The van der Waals surface area contributed by atoms with Crippen molar-refractivity contribution in [2.24, 2.45) is 0 Å². The Labute approximate surface area is 45.1 Å². The van der Waals surface area contributed by atoms with Gasteiger partial charge in [0.25, 0.3) is 0 Å². The second-order valence-electron chi connectivity index (χ2n) is 1.99. The van der Waals surface area contributed by atoms with Gasteiger partial charge in [-0.25, -0.2) is 0 Å². The summed E-state index contributed by atoms with van der Waals surface area (Å²) in [6, 6.07) is 0. The SMILES string of the molecule is [CH]1CCCCNC1. The number of hydrogen-bond acceptors (Lipinski definition) is 1. The Kier molecular flexibility index (Phi) is 2.21. The summed E-state index contributed by atoms with van der Waals surface area (Å²) >= 11 is 0. The maximum atomic E-state index is 3.29. The third-order valence-electron chi connectivity index (χ3n) is 1.30. The summed E-state index contributed by atoms with van der Waals surface area (Å²) in [5.74, 6) is 0. The molecule has 0 aromatic heterocycles. The van der Waals surface area contributed by atoms with Crippen molar-refractivity contribution in [2.45, 2.75) is 19.3 Å². The van der Waals surface area contributed by atoms with Gasteiger partial charge in [0.05, 0.1) is 0 Å². The minimum atomic E-state index is 1.12. The predicted octanol–water partition coefficient (Wildman–Crippen LogP) is 0.964. The van der Waals surface area contributed by atoms with Crippen LogP contribution in [0.25, 0.3) is 0 Å². The van der Waals surface area contributed by atoms with E-state index in [4.69, 9.17) is 0 Å². The van der Waals surface area contributed by atoms with E-state index in [9.17, 15) is 0 Å². The average Bonchev–Trinajstić information content (AvgIpc) is 1.90. The molecule has 1 heterocycles. The Morgan fingerprint density at radius 1 is 1.29 bits per heavy atom. The first-order valence-electron chi connectivity index (χ1n) is 3.02. The quantitative estimate of drug-likeness (QED) is 0.476. The summed E-state index contributed by atoms with van der Waals surface area (Å²) in [4.78, 5) is 0. The van der Waals surface area contributed by atoms with E-state index in [1.54, 1.807) is 0 Å². The Morgan fingerprint density at radius 3 is 3.29 bits per heavy atom. The van der Waals surface area contributed by atoms with Crippen LogP contribution in [0, 0.1) is 6.42 Å². The van der Waals surface area contributed by atoms with Crippen LogP contribution in [-0.4, -0.2) is 13.1 Å². The van der Waals surface area contributed by atoms with Gasteiger partial charge in [-0.3, -0.25) is 0 Å². The molecule has 1 saturated heterocycles. The van der Waals surface area contributed by atoms with Gasteiger partial charge >= 0.3 is 0 Å². The molecule has 1 aliphatic rings. The molecule has 0 spiro atoms. The zero-order chi connectivity index (χ0) is 4.95. The van der Waals surface area contributed by atoms with Crippen molar-refractivity contribution >= 4 is 0 Å². The van der Waals surface area contributed by atoms with E-state index in [2.05, 4.69) is 11.7 Å². The fourth-order valence-electron chi connectivity index (χ4n) is 0.845. The van der Waals surface area contributed by atoms with Crippen LogP contribution in [0.15, 0.2) is 0 Å². The molecule has 41 valence electrons. The summed E-state index contributed by atoms with van der Waals surface area (Å²) in [6.45, 7) is 2.34. The zero-order valence-corrected chi connectivity index (χ0v) is 4.61. The highest BCUT2D eigenvalue weighted by Crippen LogP contribution is 1.99. The first-order valence-corrected chi connectivity index (χ1v) is 3.02. The molecule has 0 unspecified atom stereocenters.